The maximum Gasteiger partial charge on any atom is 0.287 e. The fourth-order valence-electron chi connectivity index (χ4n) is 3.49. The largest absolute Gasteiger partial charge is 0.451 e. The predicted molar refractivity (Wildman–Crippen MR) is 98.9 cm³/mol. The number of nitrogens with two attached hydrogens (primary N) is 1. The van der Waals surface area contributed by atoms with E-state index >= 15 is 0 Å². The lowest BCUT2D eigenvalue weighted by molar-refractivity contribution is 0.0903. The minimum Gasteiger partial charge on any atom is -0.451 e. The molecule has 4 N–H and O–H groups in total. The summed E-state index contributed by atoms with van der Waals surface area (Å²) in [6.07, 6.45) is 3.38. The average molecular weight is 370 g/mol. The highest BCUT2D eigenvalue weighted by atomic mass is 35.5. The van der Waals surface area contributed by atoms with Gasteiger partial charge in [-0.05, 0) is 55.7 Å². The zero-order chi connectivity index (χ0) is 15.1. The number of carbonyl (C=O) groups excluding carboxylic acids is 1. The first-order valence-electron chi connectivity index (χ1n) is 7.72. The first-order chi connectivity index (χ1) is 10.7. The second-order valence-corrected chi connectivity index (χ2v) is 6.15. The van der Waals surface area contributed by atoms with E-state index in [2.05, 4.69) is 10.6 Å². The number of carbonyl (C=O) groups is 1. The molecule has 2 aliphatic rings. The van der Waals surface area contributed by atoms with Crippen molar-refractivity contribution in [1.29, 1.82) is 0 Å². The monoisotopic (exact) mass is 369 g/mol. The lowest BCUT2D eigenvalue weighted by atomic mass is 9.95. The van der Waals surface area contributed by atoms with E-state index in [1.54, 1.807) is 6.07 Å². The van der Waals surface area contributed by atoms with Crippen molar-refractivity contribution in [3.8, 4) is 11.3 Å². The Bertz CT molecular complexity index is 702. The summed E-state index contributed by atoms with van der Waals surface area (Å²) in [5, 5.41) is 6.60. The summed E-state index contributed by atoms with van der Waals surface area (Å²) in [5.41, 5.74) is 7.30. The number of rotatable bonds is 3. The summed E-state index contributed by atoms with van der Waals surface area (Å²) in [4.78, 5) is 12.3. The van der Waals surface area contributed by atoms with Gasteiger partial charge in [0.25, 0.3) is 5.91 Å². The quantitative estimate of drug-likeness (QED) is 0.726. The van der Waals surface area contributed by atoms with Crippen LogP contribution in [0.4, 0.5) is 5.69 Å². The average Bonchev–Trinajstić information content (AvgIpc) is 3.24. The molecule has 0 radical (unpaired) electrons. The molecule has 130 valence electrons. The lowest BCUT2D eigenvalue weighted by Crippen LogP contribution is -2.42. The second-order valence-electron chi connectivity index (χ2n) is 6.15. The van der Waals surface area contributed by atoms with Crippen molar-refractivity contribution in [3.05, 3.63) is 42.2 Å². The summed E-state index contributed by atoms with van der Waals surface area (Å²) < 4.78 is 5.69. The van der Waals surface area contributed by atoms with Gasteiger partial charge < -0.3 is 20.8 Å². The number of benzene rings is 1. The van der Waals surface area contributed by atoms with Crippen molar-refractivity contribution in [2.24, 2.45) is 0 Å². The Morgan fingerprint density at radius 2 is 1.88 bits per heavy atom. The Hall–Kier alpha value is -1.69. The third-order valence-electron chi connectivity index (χ3n) is 4.64. The zero-order valence-corrected chi connectivity index (χ0v) is 14.7. The molecule has 2 aromatic rings. The van der Waals surface area contributed by atoms with Crippen LogP contribution in [0.1, 0.15) is 29.8 Å². The molecule has 2 saturated heterocycles. The Labute approximate surface area is 153 Å². The van der Waals surface area contributed by atoms with Crippen molar-refractivity contribution < 1.29 is 9.21 Å². The van der Waals surface area contributed by atoms with Crippen LogP contribution in [0.25, 0.3) is 11.3 Å². The van der Waals surface area contributed by atoms with Gasteiger partial charge in [0.15, 0.2) is 5.76 Å². The van der Waals surface area contributed by atoms with Gasteiger partial charge >= 0.3 is 0 Å². The minimum atomic E-state index is -0.138. The molecule has 1 amide bonds. The highest BCUT2D eigenvalue weighted by Gasteiger charge is 2.39. The van der Waals surface area contributed by atoms with E-state index in [0.717, 1.165) is 18.4 Å². The number of nitrogen functional groups attached to an aromatic ring is 1. The van der Waals surface area contributed by atoms with Crippen LogP contribution in [-0.2, 0) is 0 Å². The highest BCUT2D eigenvalue weighted by Crippen LogP contribution is 2.29. The fourth-order valence-corrected chi connectivity index (χ4v) is 3.49. The van der Waals surface area contributed by atoms with Gasteiger partial charge in [0.05, 0.1) is 0 Å². The molecule has 5 nitrogen and oxygen atoms in total. The summed E-state index contributed by atoms with van der Waals surface area (Å²) in [7, 11) is 0. The van der Waals surface area contributed by atoms with Gasteiger partial charge in [-0.2, -0.15) is 0 Å². The molecule has 3 heterocycles. The molecule has 4 rings (SSSR count). The van der Waals surface area contributed by atoms with Gasteiger partial charge in [-0.25, -0.2) is 0 Å². The van der Waals surface area contributed by atoms with E-state index in [9.17, 15) is 4.79 Å². The molecule has 3 atom stereocenters. The van der Waals surface area contributed by atoms with Crippen LogP contribution in [0.2, 0.25) is 0 Å². The third kappa shape index (κ3) is 3.53. The van der Waals surface area contributed by atoms with E-state index < -0.39 is 0 Å². The molecular formula is C17H21Cl2N3O2. The maximum atomic E-state index is 12.3. The van der Waals surface area contributed by atoms with E-state index in [1.807, 2.05) is 30.3 Å². The molecule has 2 aliphatic heterocycles. The van der Waals surface area contributed by atoms with Crippen molar-refractivity contribution in [1.82, 2.24) is 10.6 Å². The third-order valence-corrected chi connectivity index (χ3v) is 4.64. The summed E-state index contributed by atoms with van der Waals surface area (Å²) in [6.45, 7) is 0. The van der Waals surface area contributed by atoms with Gasteiger partial charge in [0, 0.05) is 29.4 Å². The zero-order valence-electron chi connectivity index (χ0n) is 13.0. The number of amides is 1. The SMILES string of the molecule is Cl.Cl.Nc1ccc(-c2ccc(C(=O)N[C@@H]3CC4CCC3N4)o2)cc1. The predicted octanol–water partition coefficient (Wildman–Crippen LogP) is 3.00. The van der Waals surface area contributed by atoms with Crippen LogP contribution in [-0.4, -0.2) is 24.0 Å². The Balaban J connectivity index is 0.00000104. The molecule has 24 heavy (non-hydrogen) atoms. The van der Waals surface area contributed by atoms with Crippen molar-refractivity contribution in [2.75, 3.05) is 5.73 Å². The number of nitrogens with one attached hydrogen (secondary N) is 2. The molecule has 1 aromatic heterocycles. The van der Waals surface area contributed by atoms with Crippen LogP contribution in [0.15, 0.2) is 40.8 Å². The van der Waals surface area contributed by atoms with E-state index in [4.69, 9.17) is 10.2 Å². The van der Waals surface area contributed by atoms with Crippen molar-refractivity contribution >= 4 is 36.4 Å². The Kier molecular flexibility index (Phi) is 5.80. The maximum absolute atomic E-state index is 12.3. The van der Waals surface area contributed by atoms with Crippen LogP contribution >= 0.6 is 24.8 Å². The van der Waals surface area contributed by atoms with Gasteiger partial charge in [0.1, 0.15) is 5.76 Å². The minimum absolute atomic E-state index is 0. The van der Waals surface area contributed by atoms with Crippen molar-refractivity contribution in [2.45, 2.75) is 37.4 Å². The first-order valence-corrected chi connectivity index (χ1v) is 7.72. The molecular weight excluding hydrogens is 349 g/mol. The molecule has 0 aliphatic carbocycles. The second kappa shape index (κ2) is 7.47. The number of hydrogen-bond donors (Lipinski definition) is 3. The summed E-state index contributed by atoms with van der Waals surface area (Å²) in [6, 6.07) is 12.2. The number of fused-ring (bicyclic) bond motifs is 2. The number of anilines is 1. The van der Waals surface area contributed by atoms with Crippen LogP contribution < -0.4 is 16.4 Å². The molecule has 0 spiro atoms. The standard InChI is InChI=1S/C17H19N3O2.2ClH/c18-11-3-1-10(2-4-11)15-7-8-16(22-15)17(21)20-14-9-12-5-6-13(14)19-12;;/h1-4,7-8,12-14,19H,5-6,9,18H2,(H,20,21);2*1H/t12?,13?,14-;;/m1../s1. The smallest absolute Gasteiger partial charge is 0.287 e. The molecule has 2 fully saturated rings. The molecule has 1 aromatic carbocycles. The van der Waals surface area contributed by atoms with Crippen LogP contribution in [0, 0.1) is 0 Å². The number of halogens is 2. The van der Waals surface area contributed by atoms with Crippen LogP contribution in [0.5, 0.6) is 0 Å². The van der Waals surface area contributed by atoms with Gasteiger partial charge in [-0.3, -0.25) is 4.79 Å². The molecule has 0 saturated carbocycles. The fraction of sp³-hybridized carbons (Fsp3) is 0.353. The molecule has 2 unspecified atom stereocenters. The van der Waals surface area contributed by atoms with E-state index in [0.29, 0.717) is 29.3 Å². The highest BCUT2D eigenvalue weighted by molar-refractivity contribution is 5.92. The number of furan rings is 1. The first kappa shape index (κ1) is 18.6. The van der Waals surface area contributed by atoms with E-state index in [1.165, 1.54) is 6.42 Å². The van der Waals surface area contributed by atoms with Gasteiger partial charge in [-0.1, -0.05) is 0 Å². The Morgan fingerprint density at radius 1 is 1.12 bits per heavy atom. The molecule has 2 bridgehead atoms. The Morgan fingerprint density at radius 3 is 2.50 bits per heavy atom. The van der Waals surface area contributed by atoms with E-state index in [-0.39, 0.29) is 36.8 Å². The normalized spacial score (nSPS) is 24.1. The van der Waals surface area contributed by atoms with Crippen molar-refractivity contribution in [3.63, 3.8) is 0 Å². The topological polar surface area (TPSA) is 80.3 Å². The summed E-state index contributed by atoms with van der Waals surface area (Å²) >= 11 is 0. The van der Waals surface area contributed by atoms with Crippen LogP contribution in [0.3, 0.4) is 0 Å². The summed E-state index contributed by atoms with van der Waals surface area (Å²) in [5.74, 6) is 0.895. The lowest BCUT2D eigenvalue weighted by Gasteiger charge is -2.20. The van der Waals surface area contributed by atoms with Gasteiger partial charge in [-0.15, -0.1) is 24.8 Å². The van der Waals surface area contributed by atoms with Gasteiger partial charge in [0.2, 0.25) is 0 Å². The number of hydrogen-bond acceptors (Lipinski definition) is 4. The molecule has 7 heteroatoms.